The van der Waals surface area contributed by atoms with Gasteiger partial charge in [-0.2, -0.15) is 53.0 Å². The second-order valence-electron chi connectivity index (χ2n) is 25.0. The molecule has 5 N–H and O–H groups in total. The number of likely N-dealkylation sites (N-methyl/N-ethyl adjacent to an activating group) is 2. The number of benzene rings is 2. The van der Waals surface area contributed by atoms with E-state index in [4.69, 9.17) is 23.2 Å². The zero-order valence-corrected chi connectivity index (χ0v) is 63.3. The highest BCUT2D eigenvalue weighted by atomic mass is 35.5. The predicted molar refractivity (Wildman–Crippen MR) is 418 cm³/mol. The van der Waals surface area contributed by atoms with Gasteiger partial charge in [0.15, 0.2) is 23.3 Å². The first-order valence-electron chi connectivity index (χ1n) is 34.9. The van der Waals surface area contributed by atoms with Gasteiger partial charge in [0.25, 0.3) is 23.6 Å². The van der Waals surface area contributed by atoms with E-state index in [0.717, 1.165) is 75.6 Å². The summed E-state index contributed by atoms with van der Waals surface area (Å²) < 4.78 is 38.9. The predicted octanol–water partition coefficient (Wildman–Crippen LogP) is 10.9. The van der Waals surface area contributed by atoms with E-state index in [1.165, 1.54) is 12.1 Å². The van der Waals surface area contributed by atoms with E-state index in [0.29, 0.717) is 87.2 Å². The van der Waals surface area contributed by atoms with Gasteiger partial charge < -0.3 is 24.9 Å². The normalized spacial score (nSPS) is 12.8. The largest absolute Gasteiger partial charge is 0.417 e. The highest BCUT2D eigenvalue weighted by Crippen LogP contribution is 2.35. The molecule has 2 fully saturated rings. The molecule has 0 atom stereocenters. The van der Waals surface area contributed by atoms with E-state index in [9.17, 15) is 37.1 Å². The Morgan fingerprint density at radius 1 is 0.407 bits per heavy atom. The van der Waals surface area contributed by atoms with Crippen LogP contribution < -0.4 is 36.4 Å². The van der Waals surface area contributed by atoms with E-state index in [1.54, 1.807) is 145 Å². The van der Waals surface area contributed by atoms with Crippen molar-refractivity contribution in [2.75, 3.05) is 103 Å². The molecular weight excluding hydrogens is 1500 g/mol. The first kappa shape index (κ1) is 80.6. The summed E-state index contributed by atoms with van der Waals surface area (Å²) in [7, 11) is 4.22. The van der Waals surface area contributed by atoms with E-state index >= 15 is 0 Å². The van der Waals surface area contributed by atoms with Gasteiger partial charge in [-0.3, -0.25) is 65.2 Å². The Labute approximate surface area is 655 Å². The van der Waals surface area contributed by atoms with Crippen LogP contribution >= 0.6 is 23.2 Å². The Bertz CT molecular complexity index is 5150. The summed E-state index contributed by atoms with van der Waals surface area (Å²) in [5, 5.41) is 12.9. The van der Waals surface area contributed by atoms with Crippen LogP contribution in [0.5, 0.6) is 0 Å². The summed E-state index contributed by atoms with van der Waals surface area (Å²) in [6, 6.07) is 34.5. The third-order valence-corrected chi connectivity index (χ3v) is 17.2. The van der Waals surface area contributed by atoms with Gasteiger partial charge in [0.05, 0.1) is 32.3 Å². The number of nitrogens with one attached hydrogen (secondary N) is 5. The number of nitrogens with zero attached hydrogens (tertiary/aromatic N) is 22. The van der Waals surface area contributed by atoms with Crippen LogP contribution in [0.3, 0.4) is 0 Å². The number of hydrogen-bond acceptors (Lipinski definition) is 27. The standard InChI is InChI=1S/2C20H22N8O.C19H17ClN6O2.C17H11ClF3N5O/c1-14-23-18(15-4-3-7-21-12-15)25-20(24-14)26-19(29)16-5-6-17(22-13-16)28-10-8-27(2)9-11-28;1-14-23-18(16-5-3-4-8-21-16)25-20(24-14)26-19(29)15-6-7-17(22-13-15)28-11-9-27(2)10-12-28;1-3-16(27)24-12-7-8-14(20)13(10-12)18(28)26-19-23-11(2)22-17(25-19)15-6-4-5-9-21-15;1-9-23-14(13-4-2-3-7-22-13)25-16(24-9)26-15(27)10-5-6-12(18)11(8-10)17(19,20)21/h3-7,12-13H,8-11H2,1-2H3,(H,23,24,25,26,29);3-8,13H,9-12H2,1-2H3,(H,23,24,25,26,29);4-10H,3H2,1-2H3,(H,24,27)(H,22,23,25,26,28);2-8H,1H3,(H,23,24,25,26,27). The quantitative estimate of drug-likeness (QED) is 0.0600. The molecule has 0 aliphatic carbocycles. The maximum absolute atomic E-state index is 13.0. The van der Waals surface area contributed by atoms with Crippen molar-refractivity contribution in [3.63, 3.8) is 0 Å². The Balaban J connectivity index is 0.000000149. The number of halogens is 5. The second kappa shape index (κ2) is 37.8. The van der Waals surface area contributed by atoms with Gasteiger partial charge in [0.2, 0.25) is 29.7 Å². The van der Waals surface area contributed by atoms with Crippen LogP contribution in [0.2, 0.25) is 10.0 Å². The molecule has 2 aromatic carbocycles. The average Bonchev–Trinajstić information content (AvgIpc) is 1.70. The molecule has 32 nitrogen and oxygen atoms in total. The zero-order chi connectivity index (χ0) is 80.1. The van der Waals surface area contributed by atoms with E-state index in [1.807, 2.05) is 36.4 Å². The number of anilines is 7. The topological polar surface area (TPSA) is 390 Å². The number of aromatic nitrogens is 18. The fourth-order valence-corrected chi connectivity index (χ4v) is 11.1. The van der Waals surface area contributed by atoms with Crippen molar-refractivity contribution in [3.05, 3.63) is 232 Å². The van der Waals surface area contributed by atoms with Crippen LogP contribution in [0.1, 0.15) is 83.6 Å². The molecule has 0 saturated carbocycles. The molecule has 2 aliphatic rings. The molecule has 5 amide bonds. The van der Waals surface area contributed by atoms with Crippen LogP contribution in [0, 0.1) is 27.7 Å². The number of amides is 5. The first-order valence-corrected chi connectivity index (χ1v) is 35.7. The fourth-order valence-electron chi connectivity index (χ4n) is 10.7. The summed E-state index contributed by atoms with van der Waals surface area (Å²) in [5.74, 6) is 3.21. The lowest BCUT2D eigenvalue weighted by Crippen LogP contribution is -2.44. The van der Waals surface area contributed by atoms with Gasteiger partial charge in [-0.25, -0.2) is 29.9 Å². The van der Waals surface area contributed by atoms with Crippen molar-refractivity contribution in [1.82, 2.24) is 99.5 Å². The Morgan fingerprint density at radius 3 is 1.20 bits per heavy atom. The number of piperazine rings is 2. The number of pyridine rings is 6. The van der Waals surface area contributed by atoms with Crippen LogP contribution in [0.4, 0.5) is 54.3 Å². The van der Waals surface area contributed by atoms with E-state index in [2.05, 4.69) is 150 Å². The summed E-state index contributed by atoms with van der Waals surface area (Å²) in [6.45, 7) is 16.2. The second-order valence-corrected chi connectivity index (χ2v) is 25.8. The summed E-state index contributed by atoms with van der Waals surface area (Å²) in [6.07, 6.45) is 7.01. The Kier molecular flexibility index (Phi) is 27.0. The van der Waals surface area contributed by atoms with Gasteiger partial charge >= 0.3 is 6.18 Å². The number of carbonyl (C=O) groups is 5. The molecule has 2 saturated heterocycles. The zero-order valence-electron chi connectivity index (χ0n) is 61.8. The molecule has 12 aromatic rings. The summed E-state index contributed by atoms with van der Waals surface area (Å²) in [5.41, 5.74) is 2.62. The first-order chi connectivity index (χ1) is 54.4. The van der Waals surface area contributed by atoms with Gasteiger partial charge in [0.1, 0.15) is 52.0 Å². The van der Waals surface area contributed by atoms with E-state index in [-0.39, 0.29) is 63.5 Å². The van der Waals surface area contributed by atoms with Crippen LogP contribution in [-0.4, -0.2) is 196 Å². The molecule has 2 aliphatic heterocycles. The Hall–Kier alpha value is -13.4. The molecule has 0 bridgehead atoms. The highest BCUT2D eigenvalue weighted by molar-refractivity contribution is 6.34. The summed E-state index contributed by atoms with van der Waals surface area (Å²) >= 11 is 11.7. The smallest absolute Gasteiger partial charge is 0.354 e. The number of alkyl halides is 3. The van der Waals surface area contributed by atoms with Crippen molar-refractivity contribution < 1.29 is 37.1 Å². The van der Waals surface area contributed by atoms with Gasteiger partial charge in [-0.05, 0) is 151 Å². The fraction of sp³-hybridized carbons (Fsp3) is 0.224. The van der Waals surface area contributed by atoms with Crippen molar-refractivity contribution in [3.8, 4) is 45.9 Å². The Morgan fingerprint density at radius 2 is 0.814 bits per heavy atom. The van der Waals surface area contributed by atoms with Gasteiger partial charge in [-0.1, -0.05) is 48.3 Å². The average molecular weight is 1570 g/mol. The maximum Gasteiger partial charge on any atom is 0.417 e. The minimum Gasteiger partial charge on any atom is -0.354 e. The number of aryl methyl sites for hydroxylation is 4. The molecule has 0 spiro atoms. The minimum absolute atomic E-state index is 0.0808. The van der Waals surface area contributed by atoms with Crippen molar-refractivity contribution in [2.45, 2.75) is 47.2 Å². The molecule has 576 valence electrons. The van der Waals surface area contributed by atoms with Crippen molar-refractivity contribution >= 4 is 93.9 Å². The maximum atomic E-state index is 13.0. The molecule has 10 aromatic heterocycles. The van der Waals surface area contributed by atoms with Crippen LogP contribution in [-0.2, 0) is 11.0 Å². The molecule has 0 radical (unpaired) electrons. The lowest BCUT2D eigenvalue weighted by Gasteiger charge is -2.33. The third-order valence-electron chi connectivity index (χ3n) is 16.5. The lowest BCUT2D eigenvalue weighted by atomic mass is 10.1. The van der Waals surface area contributed by atoms with Crippen LogP contribution in [0.25, 0.3) is 45.9 Å². The van der Waals surface area contributed by atoms with Crippen molar-refractivity contribution in [2.24, 2.45) is 0 Å². The third kappa shape index (κ3) is 22.9. The molecule has 0 unspecified atom stereocenters. The van der Waals surface area contributed by atoms with Crippen LogP contribution in [0.15, 0.2) is 171 Å². The molecule has 14 rings (SSSR count). The molecular formula is C76H72Cl2F3N27O5. The number of rotatable bonds is 16. The number of hydrogen-bond donors (Lipinski definition) is 5. The van der Waals surface area contributed by atoms with E-state index < -0.39 is 28.6 Å². The van der Waals surface area contributed by atoms with Gasteiger partial charge in [0, 0.05) is 119 Å². The molecule has 12 heterocycles. The molecule has 37 heteroatoms. The number of carbonyl (C=O) groups excluding carboxylic acids is 5. The SMILES string of the molecule is CCC(=O)Nc1ccc(Cl)c(C(=O)Nc2nc(C)nc(-c3ccccn3)n2)c1.Cc1nc(NC(=O)c2ccc(Cl)c(C(F)(F)F)c2)nc(-c2ccccn2)n1.Cc1nc(NC(=O)c2ccc(N3CCN(C)CC3)nc2)nc(-c2ccccn2)n1.Cc1nc(NC(=O)c2ccc(N3CCN(C)CC3)nc2)nc(-c2cccnc2)n1. The minimum atomic E-state index is -4.68. The monoisotopic (exact) mass is 1570 g/mol. The van der Waals surface area contributed by atoms with Gasteiger partial charge in [-0.15, -0.1) is 0 Å². The molecule has 113 heavy (non-hydrogen) atoms. The summed E-state index contributed by atoms with van der Waals surface area (Å²) in [4.78, 5) is 147. The lowest BCUT2D eigenvalue weighted by molar-refractivity contribution is -0.137. The highest BCUT2D eigenvalue weighted by Gasteiger charge is 2.34. The van der Waals surface area contributed by atoms with Crippen molar-refractivity contribution in [1.29, 1.82) is 0 Å².